The van der Waals surface area contributed by atoms with Gasteiger partial charge in [0, 0.05) is 0 Å². The number of hydrogen-bond donors (Lipinski definition) is 0. The lowest BCUT2D eigenvalue weighted by Gasteiger charge is -2.13. The molecule has 2 amide bonds. The number of imide groups is 1. The number of nitrogens with zero attached hydrogens (tertiary/aromatic N) is 2. The summed E-state index contributed by atoms with van der Waals surface area (Å²) in [6.07, 6.45) is 1.37. The molecule has 0 N–H and O–H groups in total. The van der Waals surface area contributed by atoms with Gasteiger partial charge in [-0.2, -0.15) is 0 Å². The molecular weight excluding hydrogens is 384 g/mol. The average molecular weight is 400 g/mol. The predicted molar refractivity (Wildman–Crippen MR) is 104 cm³/mol. The van der Waals surface area contributed by atoms with Crippen LogP contribution in [0.4, 0.5) is 5.69 Å². The number of thiazole rings is 1. The third kappa shape index (κ3) is 2.94. The Balaban J connectivity index is 1.73. The highest BCUT2D eigenvalue weighted by molar-refractivity contribution is 7.93. The number of rotatable bonds is 5. The molecule has 2 aromatic carbocycles. The lowest BCUT2D eigenvalue weighted by atomic mass is 10.1. The average Bonchev–Trinajstić information content (AvgIpc) is 3.20. The highest BCUT2D eigenvalue weighted by Gasteiger charge is 2.36. The molecule has 0 unspecified atom stereocenters. The van der Waals surface area contributed by atoms with Crippen LogP contribution < -0.4 is 4.90 Å². The lowest BCUT2D eigenvalue weighted by molar-refractivity contribution is 0.0926. The van der Waals surface area contributed by atoms with Crippen molar-refractivity contribution in [3.8, 4) is 0 Å². The maximum atomic E-state index is 12.6. The van der Waals surface area contributed by atoms with Crippen LogP contribution in [-0.2, 0) is 9.84 Å². The van der Waals surface area contributed by atoms with E-state index in [2.05, 4.69) is 4.98 Å². The smallest absolute Gasteiger partial charge is 0.266 e. The van der Waals surface area contributed by atoms with Gasteiger partial charge >= 0.3 is 0 Å². The van der Waals surface area contributed by atoms with Crippen LogP contribution in [0.2, 0.25) is 0 Å². The number of sulfone groups is 1. The van der Waals surface area contributed by atoms with Gasteiger partial charge in [-0.15, -0.1) is 11.3 Å². The molecule has 0 aliphatic carbocycles. The quantitative estimate of drug-likeness (QED) is 0.610. The summed E-state index contributed by atoms with van der Waals surface area (Å²) >= 11 is 1.07. The zero-order valence-corrected chi connectivity index (χ0v) is 16.1. The molecule has 1 aromatic heterocycles. The van der Waals surface area contributed by atoms with Crippen molar-refractivity contribution in [2.75, 3.05) is 10.7 Å². The Bertz CT molecular complexity index is 1150. The molecule has 6 nitrogen and oxygen atoms in total. The van der Waals surface area contributed by atoms with Gasteiger partial charge in [-0.3, -0.25) is 9.59 Å². The van der Waals surface area contributed by atoms with Crippen LogP contribution in [0.3, 0.4) is 0 Å². The monoisotopic (exact) mass is 400 g/mol. The minimum atomic E-state index is -3.42. The summed E-state index contributed by atoms with van der Waals surface area (Å²) in [5.74, 6) is -0.695. The van der Waals surface area contributed by atoms with Gasteiger partial charge in [0.25, 0.3) is 11.8 Å². The van der Waals surface area contributed by atoms with Crippen molar-refractivity contribution in [2.45, 2.75) is 24.1 Å². The van der Waals surface area contributed by atoms with E-state index in [1.54, 1.807) is 42.5 Å². The number of carbonyl (C=O) groups excluding carboxylic acids is 2. The maximum Gasteiger partial charge on any atom is 0.266 e. The molecule has 0 spiro atoms. The second-order valence-corrected chi connectivity index (χ2v) is 9.61. The zero-order chi connectivity index (χ0) is 19.2. The summed E-state index contributed by atoms with van der Waals surface area (Å²) in [5.41, 5.74) is 1.69. The molecule has 0 fully saturated rings. The third-order valence-corrected chi connectivity index (χ3v) is 7.71. The Morgan fingerprint density at radius 1 is 1.04 bits per heavy atom. The Hall–Kier alpha value is -2.58. The number of unbranched alkanes of at least 4 members (excludes halogenated alkanes) is 1. The van der Waals surface area contributed by atoms with Gasteiger partial charge in [-0.25, -0.2) is 18.3 Å². The van der Waals surface area contributed by atoms with Gasteiger partial charge < -0.3 is 0 Å². The summed E-state index contributed by atoms with van der Waals surface area (Å²) in [7, 11) is -3.42. The first kappa shape index (κ1) is 17.8. The van der Waals surface area contributed by atoms with Crippen molar-refractivity contribution in [3.05, 3.63) is 53.6 Å². The molecule has 138 valence electrons. The first-order valence-electron chi connectivity index (χ1n) is 8.53. The minimum Gasteiger partial charge on any atom is -0.268 e. The van der Waals surface area contributed by atoms with Gasteiger partial charge in [0.05, 0.1) is 32.8 Å². The summed E-state index contributed by atoms with van der Waals surface area (Å²) in [4.78, 5) is 30.6. The van der Waals surface area contributed by atoms with Crippen molar-refractivity contribution >= 4 is 48.9 Å². The molecule has 0 atom stereocenters. The standard InChI is InChI=1S/C19H16N2O4S2/c1-2-3-10-27(24,25)19-20-15-9-8-12(11-16(15)26-19)21-17(22)13-6-4-5-7-14(13)18(21)23/h4-9,11H,2-3,10H2,1H3. The third-order valence-electron chi connectivity index (χ3n) is 4.44. The van der Waals surface area contributed by atoms with E-state index in [-0.39, 0.29) is 21.9 Å². The fourth-order valence-electron chi connectivity index (χ4n) is 3.01. The zero-order valence-electron chi connectivity index (χ0n) is 14.5. The van der Waals surface area contributed by atoms with Gasteiger partial charge in [-0.1, -0.05) is 25.5 Å². The molecule has 1 aliphatic rings. The van der Waals surface area contributed by atoms with Crippen molar-refractivity contribution in [3.63, 3.8) is 0 Å². The van der Waals surface area contributed by atoms with Gasteiger partial charge in [0.1, 0.15) is 0 Å². The Morgan fingerprint density at radius 2 is 1.70 bits per heavy atom. The summed E-state index contributed by atoms with van der Waals surface area (Å²) in [6, 6.07) is 11.6. The number of carbonyl (C=O) groups is 2. The molecule has 8 heteroatoms. The fourth-order valence-corrected chi connectivity index (χ4v) is 5.85. The van der Waals surface area contributed by atoms with Gasteiger partial charge in [0.2, 0.25) is 14.2 Å². The molecule has 27 heavy (non-hydrogen) atoms. The van der Waals surface area contributed by atoms with Crippen LogP contribution in [0, 0.1) is 0 Å². The van der Waals surface area contributed by atoms with Crippen molar-refractivity contribution in [1.29, 1.82) is 0 Å². The highest BCUT2D eigenvalue weighted by Crippen LogP contribution is 2.33. The predicted octanol–water partition coefficient (Wildman–Crippen LogP) is 3.67. The normalized spacial score (nSPS) is 14.2. The molecule has 4 rings (SSSR count). The van der Waals surface area contributed by atoms with Crippen LogP contribution in [0.5, 0.6) is 0 Å². The van der Waals surface area contributed by atoms with Crippen molar-refractivity contribution in [2.24, 2.45) is 0 Å². The van der Waals surface area contributed by atoms with Gasteiger partial charge in [-0.05, 0) is 36.8 Å². The number of hydrogen-bond acceptors (Lipinski definition) is 6. The number of fused-ring (bicyclic) bond motifs is 2. The van der Waals surface area contributed by atoms with Crippen molar-refractivity contribution < 1.29 is 18.0 Å². The van der Waals surface area contributed by atoms with Gasteiger partial charge in [0.15, 0.2) is 0 Å². The molecular formula is C19H16N2O4S2. The number of aromatic nitrogens is 1. The van der Waals surface area contributed by atoms with E-state index in [0.717, 1.165) is 22.7 Å². The van der Waals surface area contributed by atoms with Crippen LogP contribution in [0.1, 0.15) is 40.5 Å². The Labute approximate surface area is 160 Å². The Morgan fingerprint density at radius 3 is 2.33 bits per heavy atom. The molecule has 0 bridgehead atoms. The molecule has 1 aliphatic heterocycles. The second kappa shape index (κ2) is 6.54. The fraction of sp³-hybridized carbons (Fsp3) is 0.211. The van der Waals surface area contributed by atoms with E-state index in [1.807, 2.05) is 6.92 Å². The van der Waals surface area contributed by atoms with E-state index < -0.39 is 9.84 Å². The number of anilines is 1. The number of amides is 2. The molecule has 0 saturated carbocycles. The van der Waals surface area contributed by atoms with Crippen molar-refractivity contribution in [1.82, 2.24) is 4.98 Å². The van der Waals surface area contributed by atoms with Crippen LogP contribution >= 0.6 is 11.3 Å². The van der Waals surface area contributed by atoms with E-state index in [4.69, 9.17) is 0 Å². The summed E-state index contributed by atoms with van der Waals surface area (Å²) < 4.78 is 25.5. The minimum absolute atomic E-state index is 0.0641. The Kier molecular flexibility index (Phi) is 4.32. The maximum absolute atomic E-state index is 12.6. The second-order valence-electron chi connectivity index (χ2n) is 6.30. The van der Waals surface area contributed by atoms with E-state index >= 15 is 0 Å². The van der Waals surface area contributed by atoms with E-state index in [1.165, 1.54) is 0 Å². The first-order valence-corrected chi connectivity index (χ1v) is 11.0. The highest BCUT2D eigenvalue weighted by atomic mass is 32.2. The topological polar surface area (TPSA) is 84.4 Å². The molecule has 2 heterocycles. The largest absolute Gasteiger partial charge is 0.268 e. The summed E-state index contributed by atoms with van der Waals surface area (Å²) in [6.45, 7) is 1.93. The lowest BCUT2D eigenvalue weighted by Crippen LogP contribution is -2.29. The van der Waals surface area contributed by atoms with Crippen LogP contribution in [0.15, 0.2) is 46.8 Å². The van der Waals surface area contributed by atoms with Crippen LogP contribution in [0.25, 0.3) is 10.2 Å². The molecule has 0 saturated heterocycles. The van der Waals surface area contributed by atoms with Crippen LogP contribution in [-0.4, -0.2) is 31.0 Å². The van der Waals surface area contributed by atoms with E-state index in [0.29, 0.717) is 33.5 Å². The molecule has 0 radical (unpaired) electrons. The summed E-state index contributed by atoms with van der Waals surface area (Å²) in [5, 5.41) is 0. The molecule has 3 aromatic rings. The number of benzene rings is 2. The van der Waals surface area contributed by atoms with E-state index in [9.17, 15) is 18.0 Å². The SMILES string of the molecule is CCCCS(=O)(=O)c1nc2ccc(N3C(=O)c4ccccc4C3=O)cc2s1. The first-order chi connectivity index (χ1) is 12.9.